The van der Waals surface area contributed by atoms with Crippen LogP contribution in [0.15, 0.2) is 216 Å². The summed E-state index contributed by atoms with van der Waals surface area (Å²) in [6.07, 6.45) is 0. The number of hydrogen-bond donors (Lipinski definition) is 0. The van der Waals surface area contributed by atoms with E-state index in [-0.39, 0.29) is 12.0 Å². The van der Waals surface area contributed by atoms with Gasteiger partial charge in [-0.25, -0.2) is 4.99 Å². The van der Waals surface area contributed by atoms with Gasteiger partial charge in [0.15, 0.2) is 5.84 Å². The van der Waals surface area contributed by atoms with Crippen LogP contribution in [-0.2, 0) is 0 Å². The van der Waals surface area contributed by atoms with E-state index < -0.39 is 0 Å². The van der Waals surface area contributed by atoms with Crippen molar-refractivity contribution in [3.8, 4) is 27.9 Å². The standard InChI is InChI=1S/C52H36N4/c1-5-16-35(17-6-1)38-22-15-25-42(32-38)55-46-27-14-13-26-43(46)44-33-39(28-30-47(44)55)40-29-31-48-45(34-40)49-50(36-18-7-2-8-19-36)53-51(37-20-9-3-10-21-37)54-52(49)56(48)41-23-11-4-12-24-41/h1-34,49-50H. The summed E-state index contributed by atoms with van der Waals surface area (Å²) in [4.78, 5) is 13.2. The Morgan fingerprint density at radius 3 is 1.79 bits per heavy atom. The van der Waals surface area contributed by atoms with E-state index in [1.165, 1.54) is 55.2 Å². The zero-order valence-electron chi connectivity index (χ0n) is 30.6. The minimum atomic E-state index is -0.145. The summed E-state index contributed by atoms with van der Waals surface area (Å²) < 4.78 is 2.40. The Bertz CT molecular complexity index is 2960. The van der Waals surface area contributed by atoms with Gasteiger partial charge < -0.3 is 4.57 Å². The van der Waals surface area contributed by atoms with Crippen LogP contribution in [0.4, 0.5) is 11.4 Å². The van der Waals surface area contributed by atoms with E-state index in [0.717, 1.165) is 34.3 Å². The van der Waals surface area contributed by atoms with Crippen molar-refractivity contribution in [2.75, 3.05) is 4.90 Å². The second-order valence-corrected chi connectivity index (χ2v) is 14.6. The van der Waals surface area contributed by atoms with Crippen molar-refractivity contribution in [2.45, 2.75) is 12.0 Å². The molecule has 2 aliphatic heterocycles. The van der Waals surface area contributed by atoms with Gasteiger partial charge in [-0.1, -0.05) is 152 Å². The Kier molecular flexibility index (Phi) is 7.59. The van der Waals surface area contributed by atoms with E-state index in [0.29, 0.717) is 0 Å². The number of amidine groups is 2. The maximum absolute atomic E-state index is 5.43. The van der Waals surface area contributed by atoms with Gasteiger partial charge in [-0.05, 0) is 88.0 Å². The van der Waals surface area contributed by atoms with Gasteiger partial charge in [-0.2, -0.15) is 0 Å². The first-order valence-electron chi connectivity index (χ1n) is 19.2. The predicted molar refractivity (Wildman–Crippen MR) is 233 cm³/mol. The zero-order chi connectivity index (χ0) is 37.0. The normalized spacial score (nSPS) is 16.0. The van der Waals surface area contributed by atoms with Gasteiger partial charge in [0.1, 0.15) is 5.84 Å². The van der Waals surface area contributed by atoms with Gasteiger partial charge in [0.2, 0.25) is 0 Å². The van der Waals surface area contributed by atoms with Crippen LogP contribution in [-0.4, -0.2) is 16.2 Å². The molecule has 56 heavy (non-hydrogen) atoms. The molecule has 0 saturated carbocycles. The third kappa shape index (κ3) is 5.30. The van der Waals surface area contributed by atoms with E-state index in [4.69, 9.17) is 9.98 Å². The van der Waals surface area contributed by atoms with Crippen molar-refractivity contribution < 1.29 is 0 Å². The Labute approximate surface area is 326 Å². The molecule has 11 rings (SSSR count). The second-order valence-electron chi connectivity index (χ2n) is 14.6. The molecular weight excluding hydrogens is 681 g/mol. The number of anilines is 2. The van der Waals surface area contributed by atoms with E-state index in [9.17, 15) is 0 Å². The number of rotatable bonds is 6. The summed E-state index contributed by atoms with van der Waals surface area (Å²) in [5.41, 5.74) is 14.0. The fraction of sp³-hybridized carbons (Fsp3) is 0.0385. The summed E-state index contributed by atoms with van der Waals surface area (Å²) in [5, 5.41) is 2.47. The predicted octanol–water partition coefficient (Wildman–Crippen LogP) is 13.0. The maximum atomic E-state index is 5.43. The molecule has 0 amide bonds. The van der Waals surface area contributed by atoms with Crippen LogP contribution < -0.4 is 4.90 Å². The minimum absolute atomic E-state index is 0.0671. The van der Waals surface area contributed by atoms with E-state index in [2.05, 4.69) is 210 Å². The van der Waals surface area contributed by atoms with Gasteiger partial charge in [-0.15, -0.1) is 0 Å². The van der Waals surface area contributed by atoms with Crippen molar-refractivity contribution in [1.29, 1.82) is 0 Å². The van der Waals surface area contributed by atoms with E-state index >= 15 is 0 Å². The molecule has 0 saturated heterocycles. The highest BCUT2D eigenvalue weighted by Gasteiger charge is 2.44. The van der Waals surface area contributed by atoms with Crippen LogP contribution in [0.1, 0.15) is 28.7 Å². The van der Waals surface area contributed by atoms with Crippen LogP contribution in [0.3, 0.4) is 0 Å². The summed E-state index contributed by atoms with van der Waals surface area (Å²) in [5.74, 6) is 1.70. The molecular formula is C52H36N4. The molecule has 8 aromatic carbocycles. The molecule has 2 aliphatic rings. The average Bonchev–Trinajstić information content (AvgIpc) is 3.79. The van der Waals surface area contributed by atoms with E-state index in [1.54, 1.807) is 0 Å². The number of hydrogen-bond acceptors (Lipinski definition) is 3. The van der Waals surface area contributed by atoms with Crippen LogP contribution in [0, 0.1) is 0 Å². The SMILES string of the molecule is c1ccc(C2=NC(c3ccccc3)C3C(=N2)N(c2ccccc2)c2ccc(-c4ccc5c(c4)c4ccccc4n5-c4cccc(-c5ccccc5)c4)cc23)cc1. The molecule has 0 radical (unpaired) electrons. The molecule has 3 heterocycles. The van der Waals surface area contributed by atoms with Crippen molar-refractivity contribution in [3.05, 3.63) is 223 Å². The molecule has 2 unspecified atom stereocenters. The Hall–Kier alpha value is -7.30. The first-order chi connectivity index (χ1) is 27.8. The van der Waals surface area contributed by atoms with E-state index in [1.807, 2.05) is 6.07 Å². The molecule has 4 nitrogen and oxygen atoms in total. The van der Waals surface area contributed by atoms with Gasteiger partial charge in [0.25, 0.3) is 0 Å². The number of nitrogens with zero attached hydrogens (tertiary/aromatic N) is 4. The maximum Gasteiger partial charge on any atom is 0.157 e. The number of fused-ring (bicyclic) bond motifs is 6. The van der Waals surface area contributed by atoms with Gasteiger partial charge in [0.05, 0.1) is 28.7 Å². The monoisotopic (exact) mass is 716 g/mol. The molecule has 0 bridgehead atoms. The summed E-state index contributed by atoms with van der Waals surface area (Å²) in [7, 11) is 0. The molecule has 2 atom stereocenters. The van der Waals surface area contributed by atoms with Crippen molar-refractivity contribution in [1.82, 2.24) is 4.57 Å². The molecule has 4 heteroatoms. The van der Waals surface area contributed by atoms with Crippen LogP contribution in [0.2, 0.25) is 0 Å². The fourth-order valence-corrected chi connectivity index (χ4v) is 8.74. The first-order valence-corrected chi connectivity index (χ1v) is 19.2. The average molecular weight is 717 g/mol. The lowest BCUT2D eigenvalue weighted by atomic mass is 9.85. The number of aromatic nitrogens is 1. The Balaban J connectivity index is 1.07. The number of benzene rings is 8. The Morgan fingerprint density at radius 2 is 1.00 bits per heavy atom. The van der Waals surface area contributed by atoms with Crippen LogP contribution in [0.5, 0.6) is 0 Å². The van der Waals surface area contributed by atoms with Crippen LogP contribution >= 0.6 is 0 Å². The fourth-order valence-electron chi connectivity index (χ4n) is 8.74. The molecule has 0 N–H and O–H groups in total. The zero-order valence-corrected chi connectivity index (χ0v) is 30.6. The third-order valence-electron chi connectivity index (χ3n) is 11.3. The van der Waals surface area contributed by atoms with Gasteiger partial charge >= 0.3 is 0 Å². The highest BCUT2D eigenvalue weighted by Crippen LogP contribution is 2.52. The second kappa shape index (κ2) is 13.2. The quantitative estimate of drug-likeness (QED) is 0.169. The third-order valence-corrected chi connectivity index (χ3v) is 11.3. The summed E-state index contributed by atoms with van der Waals surface area (Å²) in [6.45, 7) is 0. The number of para-hydroxylation sites is 2. The lowest BCUT2D eigenvalue weighted by molar-refractivity contribution is 0.673. The Morgan fingerprint density at radius 1 is 0.411 bits per heavy atom. The van der Waals surface area contributed by atoms with Gasteiger partial charge in [0, 0.05) is 27.7 Å². The molecule has 1 aromatic heterocycles. The van der Waals surface area contributed by atoms with Crippen LogP contribution in [0.25, 0.3) is 49.7 Å². The minimum Gasteiger partial charge on any atom is -0.309 e. The first kappa shape index (κ1) is 32.2. The largest absolute Gasteiger partial charge is 0.309 e. The number of aliphatic imine (C=N–C) groups is 2. The summed E-state index contributed by atoms with van der Waals surface area (Å²) in [6, 6.07) is 73.7. The molecule has 0 spiro atoms. The highest BCUT2D eigenvalue weighted by molar-refractivity contribution is 6.21. The lowest BCUT2D eigenvalue weighted by Crippen LogP contribution is -2.31. The molecule has 9 aromatic rings. The molecule has 0 fully saturated rings. The van der Waals surface area contributed by atoms with Crippen molar-refractivity contribution in [2.24, 2.45) is 9.98 Å². The molecule has 264 valence electrons. The lowest BCUT2D eigenvalue weighted by Gasteiger charge is -2.29. The molecule has 0 aliphatic carbocycles. The van der Waals surface area contributed by atoms with Crippen molar-refractivity contribution in [3.63, 3.8) is 0 Å². The topological polar surface area (TPSA) is 32.9 Å². The highest BCUT2D eigenvalue weighted by atomic mass is 15.3. The summed E-state index contributed by atoms with van der Waals surface area (Å²) >= 11 is 0. The smallest absolute Gasteiger partial charge is 0.157 e. The van der Waals surface area contributed by atoms with Crippen molar-refractivity contribution >= 4 is 44.9 Å². The van der Waals surface area contributed by atoms with Gasteiger partial charge in [-0.3, -0.25) is 9.89 Å².